The maximum atomic E-state index is 12.1. The summed E-state index contributed by atoms with van der Waals surface area (Å²) in [6.45, 7) is 3.74. The first kappa shape index (κ1) is 10.9. The lowest BCUT2D eigenvalue weighted by Gasteiger charge is -2.30. The Kier molecular flexibility index (Phi) is 3.26. The lowest BCUT2D eigenvalue weighted by Crippen LogP contribution is -2.41. The van der Waals surface area contributed by atoms with Crippen LogP contribution in [0.15, 0.2) is 0 Å². The molecule has 0 saturated carbocycles. The topological polar surface area (TPSA) is 49.6 Å². The molecule has 0 aromatic carbocycles. The predicted octanol–water partition coefficient (Wildman–Crippen LogP) is -0.112. The van der Waals surface area contributed by atoms with E-state index in [2.05, 4.69) is 11.9 Å². The molecular weight excluding hydrogens is 190 g/mol. The van der Waals surface area contributed by atoms with Crippen LogP contribution in [0.3, 0.4) is 0 Å². The number of nitrogens with two attached hydrogens (primary N) is 1. The Labute approximate surface area is 91.4 Å². The summed E-state index contributed by atoms with van der Waals surface area (Å²) in [4.78, 5) is 16.4. The van der Waals surface area contributed by atoms with Gasteiger partial charge >= 0.3 is 0 Å². The number of carbonyl (C=O) groups is 1. The minimum absolute atomic E-state index is 0.209. The first-order chi connectivity index (χ1) is 7.16. The van der Waals surface area contributed by atoms with E-state index in [0.717, 1.165) is 45.4 Å². The van der Waals surface area contributed by atoms with Gasteiger partial charge in [-0.3, -0.25) is 4.79 Å². The van der Waals surface area contributed by atoms with E-state index in [1.54, 1.807) is 0 Å². The van der Waals surface area contributed by atoms with Crippen molar-refractivity contribution in [3.05, 3.63) is 0 Å². The minimum Gasteiger partial charge on any atom is -0.341 e. The fraction of sp³-hybridized carbons (Fsp3) is 0.909. The molecular formula is C11H21N3O. The highest BCUT2D eigenvalue weighted by molar-refractivity contribution is 5.79. The van der Waals surface area contributed by atoms with Crippen LogP contribution in [-0.4, -0.2) is 55.0 Å². The number of likely N-dealkylation sites (tertiary alicyclic amines) is 2. The molecule has 2 heterocycles. The lowest BCUT2D eigenvalue weighted by atomic mass is 9.96. The number of rotatable bonds is 1. The van der Waals surface area contributed by atoms with E-state index in [4.69, 9.17) is 5.73 Å². The van der Waals surface area contributed by atoms with Crippen LogP contribution in [0.25, 0.3) is 0 Å². The summed E-state index contributed by atoms with van der Waals surface area (Å²) in [6.07, 6.45) is 3.00. The van der Waals surface area contributed by atoms with Crippen LogP contribution in [0.1, 0.15) is 19.3 Å². The van der Waals surface area contributed by atoms with Crippen molar-refractivity contribution in [2.24, 2.45) is 11.7 Å². The van der Waals surface area contributed by atoms with E-state index in [1.807, 2.05) is 4.90 Å². The average Bonchev–Trinajstić information content (AvgIpc) is 2.65. The van der Waals surface area contributed by atoms with Gasteiger partial charge in [-0.25, -0.2) is 0 Å². The number of carbonyl (C=O) groups excluding carboxylic acids is 1. The first-order valence-corrected chi connectivity index (χ1v) is 5.89. The summed E-state index contributed by atoms with van der Waals surface area (Å²) >= 11 is 0. The number of hydrogen-bond donors (Lipinski definition) is 1. The van der Waals surface area contributed by atoms with Crippen molar-refractivity contribution in [2.75, 3.05) is 33.2 Å². The zero-order valence-electron chi connectivity index (χ0n) is 9.48. The molecule has 15 heavy (non-hydrogen) atoms. The van der Waals surface area contributed by atoms with Gasteiger partial charge in [-0.2, -0.15) is 0 Å². The third-order valence-electron chi connectivity index (χ3n) is 3.60. The van der Waals surface area contributed by atoms with Gasteiger partial charge in [0.25, 0.3) is 0 Å². The average molecular weight is 211 g/mol. The van der Waals surface area contributed by atoms with Crippen molar-refractivity contribution in [3.8, 4) is 0 Å². The van der Waals surface area contributed by atoms with E-state index in [-0.39, 0.29) is 12.0 Å². The Bertz CT molecular complexity index is 236. The summed E-state index contributed by atoms with van der Waals surface area (Å²) < 4.78 is 0. The van der Waals surface area contributed by atoms with Crippen molar-refractivity contribution in [1.29, 1.82) is 0 Å². The van der Waals surface area contributed by atoms with Crippen LogP contribution in [-0.2, 0) is 4.79 Å². The molecule has 2 fully saturated rings. The second-order valence-electron chi connectivity index (χ2n) is 4.91. The minimum atomic E-state index is 0.209. The summed E-state index contributed by atoms with van der Waals surface area (Å²) in [7, 11) is 2.12. The summed E-state index contributed by atoms with van der Waals surface area (Å²) in [5.41, 5.74) is 5.81. The molecule has 0 unspecified atom stereocenters. The fourth-order valence-electron chi connectivity index (χ4n) is 2.50. The molecule has 2 aliphatic rings. The standard InChI is InChI=1S/C11H21N3O/c1-13-5-2-9(3-6-13)11(15)14-7-4-10(12)8-14/h9-10H,2-8,12H2,1H3/t10-/m0/s1. The molecule has 2 aliphatic heterocycles. The molecule has 1 atom stereocenters. The summed E-state index contributed by atoms with van der Waals surface area (Å²) in [5, 5.41) is 0. The predicted molar refractivity (Wildman–Crippen MR) is 59.4 cm³/mol. The number of piperidine rings is 1. The monoisotopic (exact) mass is 211 g/mol. The Morgan fingerprint density at radius 1 is 1.20 bits per heavy atom. The zero-order valence-corrected chi connectivity index (χ0v) is 9.48. The van der Waals surface area contributed by atoms with E-state index < -0.39 is 0 Å². The highest BCUT2D eigenvalue weighted by Crippen LogP contribution is 2.20. The molecule has 4 nitrogen and oxygen atoms in total. The molecule has 2 rings (SSSR count). The summed E-state index contributed by atoms with van der Waals surface area (Å²) in [5.74, 6) is 0.600. The van der Waals surface area contributed by atoms with Gasteiger partial charge in [-0.05, 0) is 39.4 Å². The molecule has 1 amide bonds. The van der Waals surface area contributed by atoms with E-state index >= 15 is 0 Å². The van der Waals surface area contributed by atoms with E-state index in [0.29, 0.717) is 5.91 Å². The van der Waals surface area contributed by atoms with Gasteiger partial charge in [0, 0.05) is 25.0 Å². The number of hydrogen-bond acceptors (Lipinski definition) is 3. The van der Waals surface area contributed by atoms with Gasteiger partial charge in [0.15, 0.2) is 0 Å². The molecule has 86 valence electrons. The highest BCUT2D eigenvalue weighted by Gasteiger charge is 2.30. The Morgan fingerprint density at radius 2 is 1.87 bits per heavy atom. The van der Waals surface area contributed by atoms with Crippen LogP contribution in [0.2, 0.25) is 0 Å². The molecule has 0 spiro atoms. The Morgan fingerprint density at radius 3 is 2.40 bits per heavy atom. The quantitative estimate of drug-likeness (QED) is 0.658. The molecule has 0 aromatic rings. The molecule has 0 bridgehead atoms. The fourth-order valence-corrected chi connectivity index (χ4v) is 2.50. The molecule has 0 radical (unpaired) electrons. The van der Waals surface area contributed by atoms with Gasteiger partial charge in [-0.15, -0.1) is 0 Å². The number of amides is 1. The molecule has 2 N–H and O–H groups in total. The lowest BCUT2D eigenvalue weighted by molar-refractivity contribution is -0.135. The maximum absolute atomic E-state index is 12.1. The van der Waals surface area contributed by atoms with Gasteiger partial charge < -0.3 is 15.5 Å². The number of nitrogens with zero attached hydrogens (tertiary/aromatic N) is 2. The van der Waals surface area contributed by atoms with E-state index in [1.165, 1.54) is 0 Å². The smallest absolute Gasteiger partial charge is 0.225 e. The molecule has 0 aliphatic carbocycles. The van der Waals surface area contributed by atoms with Crippen molar-refractivity contribution < 1.29 is 4.79 Å². The molecule has 0 aromatic heterocycles. The Balaban J connectivity index is 1.85. The molecule has 4 heteroatoms. The second-order valence-corrected chi connectivity index (χ2v) is 4.91. The van der Waals surface area contributed by atoms with Crippen molar-refractivity contribution in [2.45, 2.75) is 25.3 Å². The normalized spacial score (nSPS) is 29.7. The van der Waals surface area contributed by atoms with Crippen molar-refractivity contribution in [3.63, 3.8) is 0 Å². The van der Waals surface area contributed by atoms with Crippen LogP contribution in [0.5, 0.6) is 0 Å². The molecule has 2 saturated heterocycles. The Hall–Kier alpha value is -0.610. The van der Waals surface area contributed by atoms with Gasteiger partial charge in [0.1, 0.15) is 0 Å². The third-order valence-corrected chi connectivity index (χ3v) is 3.60. The van der Waals surface area contributed by atoms with Crippen LogP contribution in [0.4, 0.5) is 0 Å². The highest BCUT2D eigenvalue weighted by atomic mass is 16.2. The van der Waals surface area contributed by atoms with Gasteiger partial charge in [0.05, 0.1) is 0 Å². The van der Waals surface area contributed by atoms with Crippen LogP contribution < -0.4 is 5.73 Å². The summed E-state index contributed by atoms with van der Waals surface area (Å²) in [6, 6.07) is 0.209. The largest absolute Gasteiger partial charge is 0.341 e. The third kappa shape index (κ3) is 2.49. The van der Waals surface area contributed by atoms with Crippen molar-refractivity contribution >= 4 is 5.91 Å². The van der Waals surface area contributed by atoms with Crippen LogP contribution in [0, 0.1) is 5.92 Å². The van der Waals surface area contributed by atoms with Gasteiger partial charge in [-0.1, -0.05) is 0 Å². The van der Waals surface area contributed by atoms with Crippen molar-refractivity contribution in [1.82, 2.24) is 9.80 Å². The van der Waals surface area contributed by atoms with Crippen LogP contribution >= 0.6 is 0 Å². The van der Waals surface area contributed by atoms with E-state index in [9.17, 15) is 4.79 Å². The van der Waals surface area contributed by atoms with Gasteiger partial charge in [0.2, 0.25) is 5.91 Å². The maximum Gasteiger partial charge on any atom is 0.225 e. The first-order valence-electron chi connectivity index (χ1n) is 5.89. The second kappa shape index (κ2) is 4.49. The zero-order chi connectivity index (χ0) is 10.8. The SMILES string of the molecule is CN1CCC(C(=O)N2CC[C@H](N)C2)CC1.